The Balaban J connectivity index is 0.000000191. The number of sulfonamides is 2. The summed E-state index contributed by atoms with van der Waals surface area (Å²) >= 11 is 0. The van der Waals surface area contributed by atoms with Crippen LogP contribution in [-0.4, -0.2) is 228 Å². The summed E-state index contributed by atoms with van der Waals surface area (Å²) < 4.78 is 182. The van der Waals surface area contributed by atoms with Crippen LogP contribution >= 0.6 is 0 Å². The maximum absolute atomic E-state index is 14.8. The zero-order valence-corrected chi connectivity index (χ0v) is 73.9. The summed E-state index contributed by atoms with van der Waals surface area (Å²) in [5.74, 6) is -2.82. The topological polar surface area (TPSA) is 520 Å². The molecule has 48 heteroatoms. The van der Waals surface area contributed by atoms with Gasteiger partial charge in [-0.25, -0.2) is 86.8 Å². The molecule has 9 heterocycles. The molecule has 5 atom stereocenters. The Morgan fingerprint density at radius 3 is 1.23 bits per heavy atom. The molecule has 3 aromatic heterocycles. The standard InChI is InChI=1S/C18H18F2N4O4S.C18H17FN8O2.C18H19FN4O4S.C16H19F2N3O3.C16H18FN5O2.3CH4/c1-10(21)23-8-13-9-24(18(25)28-13)12-6-15(19)17(16(20)7-12)11-3-2-4-14(5-11)29(22,26)27;1-11(20)21-8-14-9-26(18(28)29-14)13-3-4-15(16(19)6-13)12-2-5-17(22-7-12)27-10-23-24-25-27;1-11(20)22-9-14-10-23(18(24)27-14)13-5-6-16(17(19)8-13)12-3-2-4-15(7-12)28(21,25)26;1-2-19-9-12-10-21(16(22)24-12)11-7-13(17)15(14(18)8-11)20-3-5-23-6-4-20;1-10(18)19-8-12-9-22(16(23)24-12)11-3-4-13(14(17)7-11)15-5-6-20-21(15)2;;;/h2-7,13H,8-9H2,1H3,(H2,21,23)(H2,22,26,27);2-7,10,14H,8-9H2,1H3,(H2,20,21);2-8,14H,9-10H2,1H3,(H2,20,22)(H2,21,25,26);2,7-8,12,19H,1,3-6,9-10H2;3-7,12H,8-9H2,1-2H3,(H2,18,19);3*1H4/t13-;2*14-;2*12-;;;/m00000.../s1. The predicted molar refractivity (Wildman–Crippen MR) is 502 cm³/mol. The minimum absolute atomic E-state index is 0. The number of primary sulfonamides is 2. The molecule has 0 bridgehead atoms. The average Bonchev–Trinajstić information content (AvgIpc) is 1.47. The third-order valence-corrected chi connectivity index (χ3v) is 22.3. The van der Waals surface area contributed by atoms with Crippen molar-refractivity contribution in [2.75, 3.05) is 121 Å². The number of amidine groups is 4. The molecule has 6 saturated heterocycles. The Morgan fingerprint density at radius 1 is 0.474 bits per heavy atom. The second kappa shape index (κ2) is 46.7. The van der Waals surface area contributed by atoms with Crippen molar-refractivity contribution in [2.45, 2.75) is 90.3 Å². The normalized spacial score (nSPS) is 17.7. The molecular formula is C89H103F7N24O15S2. The number of morpholine rings is 1. The molecule has 730 valence electrons. The molecule has 5 amide bonds. The first kappa shape index (κ1) is 106. The third kappa shape index (κ3) is 27.1. The molecule has 10 aromatic rings. The van der Waals surface area contributed by atoms with Crippen LogP contribution in [0, 0.1) is 40.7 Å². The molecule has 0 spiro atoms. The average molecular weight is 1950 g/mol. The number of tetrazole rings is 1. The number of hydrogen-bond donors (Lipinski definition) is 7. The lowest BCUT2D eigenvalue weighted by Crippen LogP contribution is -2.37. The van der Waals surface area contributed by atoms with E-state index in [0.717, 1.165) is 23.1 Å². The lowest BCUT2D eigenvalue weighted by Gasteiger charge is -2.29. The summed E-state index contributed by atoms with van der Waals surface area (Å²) in [6.45, 7) is 14.1. The van der Waals surface area contributed by atoms with Gasteiger partial charge in [-0.1, -0.05) is 53.1 Å². The summed E-state index contributed by atoms with van der Waals surface area (Å²) in [5, 5.41) is 27.9. The van der Waals surface area contributed by atoms with Gasteiger partial charge in [0.2, 0.25) is 20.0 Å². The maximum Gasteiger partial charge on any atom is 0.414 e. The van der Waals surface area contributed by atoms with Crippen molar-refractivity contribution in [1.29, 1.82) is 0 Å². The Morgan fingerprint density at radius 2 is 0.854 bits per heavy atom. The molecular weight excluding hydrogens is 1840 g/mol. The van der Waals surface area contributed by atoms with Crippen molar-refractivity contribution in [3.05, 3.63) is 218 Å². The fourth-order valence-electron chi connectivity index (χ4n) is 14.1. The highest BCUT2D eigenvalue weighted by molar-refractivity contribution is 7.89. The van der Waals surface area contributed by atoms with Crippen LogP contribution in [0.4, 0.5) is 88.8 Å². The second-order valence-electron chi connectivity index (χ2n) is 30.4. The molecule has 0 aliphatic carbocycles. The molecule has 39 nitrogen and oxygen atoms in total. The number of carbonyl (C=O) groups is 5. The quantitative estimate of drug-likeness (QED) is 0.0128. The van der Waals surface area contributed by atoms with Crippen LogP contribution in [0.2, 0.25) is 0 Å². The highest BCUT2D eigenvalue weighted by Crippen LogP contribution is 2.38. The number of cyclic esters (lactones) is 5. The van der Waals surface area contributed by atoms with Gasteiger partial charge in [0, 0.05) is 66.9 Å². The van der Waals surface area contributed by atoms with E-state index >= 15 is 0 Å². The number of amides is 5. The van der Waals surface area contributed by atoms with Crippen molar-refractivity contribution in [3.8, 4) is 50.5 Å². The van der Waals surface area contributed by atoms with Crippen molar-refractivity contribution in [2.24, 2.45) is 60.2 Å². The van der Waals surface area contributed by atoms with Gasteiger partial charge in [0.15, 0.2) is 17.5 Å². The number of rotatable bonds is 24. The minimum atomic E-state index is -4.04. The monoisotopic (exact) mass is 1940 g/mol. The maximum atomic E-state index is 14.8. The van der Waals surface area contributed by atoms with E-state index in [2.05, 4.69) is 57.5 Å². The first-order valence-electron chi connectivity index (χ1n) is 40.7. The van der Waals surface area contributed by atoms with Gasteiger partial charge >= 0.3 is 30.5 Å². The summed E-state index contributed by atoms with van der Waals surface area (Å²) in [7, 11) is -6.20. The highest BCUT2D eigenvalue weighted by Gasteiger charge is 2.39. The first-order valence-corrected chi connectivity index (χ1v) is 43.8. The van der Waals surface area contributed by atoms with E-state index in [1.165, 1.54) is 116 Å². The smallest absolute Gasteiger partial charge is 0.414 e. The summed E-state index contributed by atoms with van der Waals surface area (Å²) in [6.07, 6.45) is 0.712. The number of aryl methyl sites for hydroxylation is 1. The second-order valence-corrected chi connectivity index (χ2v) is 33.5. The van der Waals surface area contributed by atoms with E-state index < -0.39 is 127 Å². The van der Waals surface area contributed by atoms with E-state index in [0.29, 0.717) is 120 Å². The predicted octanol–water partition coefficient (Wildman–Crippen LogP) is 11.1. The Hall–Kier alpha value is -15.2. The van der Waals surface area contributed by atoms with Crippen LogP contribution in [-0.2, 0) is 55.5 Å². The Bertz CT molecular complexity index is 6340. The van der Waals surface area contributed by atoms with Gasteiger partial charge in [-0.3, -0.25) is 49.2 Å². The third-order valence-electron chi connectivity index (χ3n) is 20.5. The molecule has 0 unspecified atom stereocenters. The van der Waals surface area contributed by atoms with Gasteiger partial charge in [0.1, 0.15) is 71.6 Å². The van der Waals surface area contributed by atoms with E-state index in [-0.39, 0.29) is 106 Å². The molecule has 0 saturated carbocycles. The van der Waals surface area contributed by atoms with Crippen molar-refractivity contribution in [1.82, 2.24) is 40.3 Å². The minimum Gasteiger partial charge on any atom is -0.442 e. The number of aliphatic imine (C=N–C) groups is 4. The lowest BCUT2D eigenvalue weighted by molar-refractivity contribution is 0.122. The van der Waals surface area contributed by atoms with Crippen LogP contribution in [0.25, 0.3) is 50.5 Å². The molecule has 6 aliphatic heterocycles. The van der Waals surface area contributed by atoms with Gasteiger partial charge in [-0.15, -0.1) is 5.10 Å². The van der Waals surface area contributed by atoms with Crippen molar-refractivity contribution >= 4 is 108 Å². The zero-order chi connectivity index (χ0) is 96.6. The van der Waals surface area contributed by atoms with Crippen LogP contribution in [0.1, 0.15) is 50.0 Å². The van der Waals surface area contributed by atoms with Crippen LogP contribution in [0.3, 0.4) is 0 Å². The number of benzene rings is 7. The molecule has 6 fully saturated rings. The van der Waals surface area contributed by atoms with Gasteiger partial charge < -0.3 is 61.6 Å². The van der Waals surface area contributed by atoms with Crippen molar-refractivity contribution < 1.29 is 100.0 Å². The number of hydrogen-bond acceptors (Lipinski definition) is 26. The SMILES string of the molecule is C.C.C.C=CNC[C@H]1CN(c2cc(F)c(N3CCOCC3)c(F)c2)C(=O)O1.CC(N)=NC[C@H]1CN(c2cc(F)c(-c3cccc(S(N)(=O)=O)c3)c(F)c2)C(=O)O1.CC(N)=NC[C@H]1CN(c2ccc(-c3ccc(-n4cnnn4)nc3)c(F)c2)C(=O)O1.CC(N)=NC[C@H]1CN(c2ccc(-c3cccc(S(N)(=O)=O)c3)c(F)c2)C(=O)O1.CC(N)=NC[C@H]1CN(c2ccc(-c3ccnn3C)c(F)c2)C(=O)O1. The van der Waals surface area contributed by atoms with Gasteiger partial charge in [0.05, 0.1) is 151 Å². The summed E-state index contributed by atoms with van der Waals surface area (Å²) in [6, 6.07) is 33.5. The van der Waals surface area contributed by atoms with Gasteiger partial charge in [0.25, 0.3) is 0 Å². The fourth-order valence-corrected chi connectivity index (χ4v) is 15.2. The first-order chi connectivity index (χ1) is 63.8. The number of halogens is 7. The summed E-state index contributed by atoms with van der Waals surface area (Å²) in [4.78, 5) is 88.1. The number of aromatic nitrogens is 7. The fraction of sp³-hybridized carbons (Fsp3) is 0.303. The zero-order valence-electron chi connectivity index (χ0n) is 72.3. The van der Waals surface area contributed by atoms with Crippen LogP contribution in [0.5, 0.6) is 0 Å². The van der Waals surface area contributed by atoms with Gasteiger partial charge in [-0.05, 0) is 165 Å². The van der Waals surface area contributed by atoms with E-state index in [9.17, 15) is 71.5 Å². The van der Waals surface area contributed by atoms with Gasteiger partial charge in [-0.2, -0.15) is 9.78 Å². The molecule has 13 N–H and O–H groups in total. The molecule has 16 rings (SSSR count). The van der Waals surface area contributed by atoms with E-state index in [1.807, 2.05) is 0 Å². The Kier molecular flexibility index (Phi) is 35.9. The lowest BCUT2D eigenvalue weighted by atomic mass is 10.0. The molecule has 0 radical (unpaired) electrons. The highest BCUT2D eigenvalue weighted by atomic mass is 32.2. The number of anilines is 6. The number of nitrogens with two attached hydrogens (primary N) is 6. The largest absolute Gasteiger partial charge is 0.442 e. The number of pyridine rings is 1. The molecule has 137 heavy (non-hydrogen) atoms. The van der Waals surface area contributed by atoms with E-state index in [4.69, 9.17) is 61.6 Å². The number of nitrogens with zero attached hydrogens (tertiary/aromatic N) is 17. The number of ether oxygens (including phenoxy) is 6. The molecule has 7 aromatic carbocycles. The number of carbonyl (C=O) groups excluding carboxylic acids is 5. The van der Waals surface area contributed by atoms with Crippen molar-refractivity contribution in [3.63, 3.8) is 0 Å². The summed E-state index contributed by atoms with van der Waals surface area (Å²) in [5.41, 5.74) is 25.2. The Labute approximate surface area is 784 Å². The van der Waals surface area contributed by atoms with Crippen LogP contribution in [0.15, 0.2) is 207 Å². The van der Waals surface area contributed by atoms with Crippen LogP contribution < -0.4 is 67.9 Å². The number of nitrogens with one attached hydrogen (secondary N) is 1. The molecule has 6 aliphatic rings. The van der Waals surface area contributed by atoms with E-state index in [1.54, 1.807) is 105 Å².